The molecule has 0 radical (unpaired) electrons. The minimum absolute atomic E-state index is 0.0363. The molecule has 9 heteroatoms. The summed E-state index contributed by atoms with van der Waals surface area (Å²) in [5, 5.41) is 8.76. The lowest BCUT2D eigenvalue weighted by Crippen LogP contribution is -2.47. The lowest BCUT2D eigenvalue weighted by Gasteiger charge is -2.38. The van der Waals surface area contributed by atoms with Gasteiger partial charge in [-0.2, -0.15) is 0 Å². The van der Waals surface area contributed by atoms with E-state index in [2.05, 4.69) is 47.7 Å². The summed E-state index contributed by atoms with van der Waals surface area (Å²) in [5.41, 5.74) is 3.67. The Hall–Kier alpha value is -3.72. The van der Waals surface area contributed by atoms with Crippen LogP contribution in [0.5, 0.6) is 5.75 Å². The van der Waals surface area contributed by atoms with Gasteiger partial charge in [-0.05, 0) is 61.9 Å². The predicted molar refractivity (Wildman–Crippen MR) is 158 cm³/mol. The van der Waals surface area contributed by atoms with Crippen LogP contribution >= 0.6 is 15.9 Å². The van der Waals surface area contributed by atoms with E-state index in [1.54, 1.807) is 13.2 Å². The molecule has 0 aromatic heterocycles. The van der Waals surface area contributed by atoms with E-state index in [1.807, 2.05) is 68.4 Å². The van der Waals surface area contributed by atoms with Gasteiger partial charge in [0.1, 0.15) is 5.75 Å². The predicted octanol–water partition coefficient (Wildman–Crippen LogP) is 5.96. The fourth-order valence-electron chi connectivity index (χ4n) is 4.41. The van der Waals surface area contributed by atoms with Gasteiger partial charge in [-0.3, -0.25) is 4.79 Å². The van der Waals surface area contributed by atoms with Crippen molar-refractivity contribution in [2.24, 2.45) is 0 Å². The molecule has 1 saturated heterocycles. The highest BCUT2D eigenvalue weighted by Gasteiger charge is 2.24. The average molecular weight is 581 g/mol. The Morgan fingerprint density at radius 1 is 0.895 bits per heavy atom. The van der Waals surface area contributed by atoms with E-state index in [-0.39, 0.29) is 18.0 Å². The Balaban J connectivity index is 1.52. The summed E-state index contributed by atoms with van der Waals surface area (Å²) < 4.78 is 6.42. The van der Waals surface area contributed by atoms with Crippen LogP contribution < -0.4 is 30.5 Å². The number of benzene rings is 3. The van der Waals surface area contributed by atoms with Gasteiger partial charge in [0.15, 0.2) is 0 Å². The monoisotopic (exact) mass is 579 g/mol. The third-order valence-electron chi connectivity index (χ3n) is 6.62. The molecule has 1 fully saturated rings. The second kappa shape index (κ2) is 12.7. The van der Waals surface area contributed by atoms with Crippen molar-refractivity contribution >= 4 is 50.6 Å². The molecule has 8 nitrogen and oxygen atoms in total. The van der Waals surface area contributed by atoms with E-state index < -0.39 is 0 Å². The number of nitrogens with one attached hydrogen (secondary N) is 3. The lowest BCUT2D eigenvalue weighted by atomic mass is 10.1. The van der Waals surface area contributed by atoms with Gasteiger partial charge >= 0.3 is 6.03 Å². The van der Waals surface area contributed by atoms with Crippen LogP contribution in [-0.4, -0.2) is 51.3 Å². The number of nitrogens with zero attached hydrogens (tertiary/aromatic N) is 2. The van der Waals surface area contributed by atoms with Gasteiger partial charge in [0, 0.05) is 53.8 Å². The molecule has 3 aromatic rings. The zero-order chi connectivity index (χ0) is 27.1. The molecular weight excluding hydrogens is 546 g/mol. The largest absolute Gasteiger partial charge is 0.495 e. The van der Waals surface area contributed by atoms with Gasteiger partial charge in [-0.15, -0.1) is 0 Å². The molecule has 0 saturated carbocycles. The number of ether oxygens (including phenoxy) is 1. The van der Waals surface area contributed by atoms with Gasteiger partial charge in [0.2, 0.25) is 0 Å². The molecule has 0 bridgehead atoms. The number of hydrogen-bond donors (Lipinski definition) is 3. The highest BCUT2D eigenvalue weighted by molar-refractivity contribution is 9.10. The minimum Gasteiger partial charge on any atom is -0.495 e. The van der Waals surface area contributed by atoms with E-state index in [4.69, 9.17) is 4.74 Å². The second-order valence-corrected chi connectivity index (χ2v) is 10.2. The van der Waals surface area contributed by atoms with E-state index >= 15 is 0 Å². The van der Waals surface area contributed by atoms with Crippen LogP contribution in [0, 0.1) is 0 Å². The summed E-state index contributed by atoms with van der Waals surface area (Å²) in [7, 11) is 1.69. The molecule has 38 heavy (non-hydrogen) atoms. The Morgan fingerprint density at radius 2 is 1.55 bits per heavy atom. The molecule has 1 atom stereocenters. The van der Waals surface area contributed by atoms with Crippen molar-refractivity contribution in [2.75, 3.05) is 53.7 Å². The maximum absolute atomic E-state index is 13.3. The van der Waals surface area contributed by atoms with Crippen molar-refractivity contribution in [3.63, 3.8) is 0 Å². The normalized spacial score (nSPS) is 14.0. The Bertz CT molecular complexity index is 1280. The van der Waals surface area contributed by atoms with Crippen LogP contribution in [0.4, 0.5) is 27.5 Å². The first-order chi connectivity index (χ1) is 18.4. The first kappa shape index (κ1) is 27.3. The van der Waals surface area contributed by atoms with E-state index in [0.29, 0.717) is 16.9 Å². The summed E-state index contributed by atoms with van der Waals surface area (Å²) >= 11 is 3.41. The van der Waals surface area contributed by atoms with Gasteiger partial charge in [-0.1, -0.05) is 41.1 Å². The number of piperazine rings is 1. The molecule has 3 amide bonds. The number of anilines is 4. The van der Waals surface area contributed by atoms with Crippen LogP contribution in [-0.2, 0) is 0 Å². The number of hydrogen-bond acceptors (Lipinski definition) is 5. The number of urea groups is 1. The van der Waals surface area contributed by atoms with Crippen LogP contribution in [0.25, 0.3) is 0 Å². The Morgan fingerprint density at radius 3 is 2.21 bits per heavy atom. The molecule has 0 spiro atoms. The Labute approximate surface area is 232 Å². The van der Waals surface area contributed by atoms with Crippen molar-refractivity contribution in [2.45, 2.75) is 26.3 Å². The van der Waals surface area contributed by atoms with Crippen LogP contribution in [0.2, 0.25) is 0 Å². The third-order valence-corrected chi connectivity index (χ3v) is 7.11. The maximum atomic E-state index is 13.3. The van der Waals surface area contributed by atoms with Crippen molar-refractivity contribution < 1.29 is 14.3 Å². The molecule has 3 aromatic carbocycles. The standard InChI is InChI=1S/C29H34BrN5O3/c1-4-20(2)31-28(36)24-19-23(33-29(37)32-22-9-7-8-21(30)18-22)12-13-25(24)34-14-16-35(17-15-34)26-10-5-6-11-27(26)38-3/h5-13,18-20H,4,14-17H2,1-3H3,(H,31,36)(H2,32,33,37). The number of halogens is 1. The number of carbonyl (C=O) groups excluding carboxylic acids is 2. The molecule has 1 heterocycles. The summed E-state index contributed by atoms with van der Waals surface area (Å²) in [6, 6.07) is 20.5. The van der Waals surface area contributed by atoms with Crippen molar-refractivity contribution in [3.05, 3.63) is 76.8 Å². The lowest BCUT2D eigenvalue weighted by molar-refractivity contribution is 0.0939. The van der Waals surface area contributed by atoms with E-state index in [9.17, 15) is 9.59 Å². The van der Waals surface area contributed by atoms with Crippen LogP contribution in [0.3, 0.4) is 0 Å². The molecule has 1 aliphatic heterocycles. The first-order valence-electron chi connectivity index (χ1n) is 12.8. The molecule has 1 unspecified atom stereocenters. The topological polar surface area (TPSA) is 85.9 Å². The van der Waals surface area contributed by atoms with Gasteiger partial charge in [-0.25, -0.2) is 4.79 Å². The smallest absolute Gasteiger partial charge is 0.323 e. The summed E-state index contributed by atoms with van der Waals surface area (Å²) in [6.07, 6.45) is 0.825. The summed E-state index contributed by atoms with van der Waals surface area (Å²) in [4.78, 5) is 30.5. The number of methoxy groups -OCH3 is 1. The summed E-state index contributed by atoms with van der Waals surface area (Å²) in [6.45, 7) is 7.10. The second-order valence-electron chi connectivity index (χ2n) is 9.25. The molecular formula is C29H34BrN5O3. The molecule has 1 aliphatic rings. The highest BCUT2D eigenvalue weighted by Crippen LogP contribution is 2.31. The zero-order valence-electron chi connectivity index (χ0n) is 22.0. The first-order valence-corrected chi connectivity index (χ1v) is 13.6. The average Bonchev–Trinajstić information content (AvgIpc) is 2.93. The molecule has 4 rings (SSSR count). The van der Waals surface area contributed by atoms with Gasteiger partial charge in [0.05, 0.1) is 18.4 Å². The fraction of sp³-hybridized carbons (Fsp3) is 0.310. The molecule has 3 N–H and O–H groups in total. The van der Waals surface area contributed by atoms with Crippen LogP contribution in [0.15, 0.2) is 71.2 Å². The van der Waals surface area contributed by atoms with Gasteiger partial charge in [0.25, 0.3) is 5.91 Å². The zero-order valence-corrected chi connectivity index (χ0v) is 23.5. The number of para-hydroxylation sites is 2. The summed E-state index contributed by atoms with van der Waals surface area (Å²) in [5.74, 6) is 0.698. The fourth-order valence-corrected chi connectivity index (χ4v) is 4.81. The van der Waals surface area contributed by atoms with Crippen molar-refractivity contribution in [1.82, 2.24) is 5.32 Å². The minimum atomic E-state index is -0.380. The highest BCUT2D eigenvalue weighted by atomic mass is 79.9. The number of carbonyl (C=O) groups is 2. The third kappa shape index (κ3) is 6.77. The molecule has 0 aliphatic carbocycles. The van der Waals surface area contributed by atoms with E-state index in [1.165, 1.54) is 0 Å². The maximum Gasteiger partial charge on any atom is 0.323 e. The Kier molecular flexibility index (Phi) is 9.12. The van der Waals surface area contributed by atoms with Gasteiger partial charge < -0.3 is 30.5 Å². The van der Waals surface area contributed by atoms with Crippen molar-refractivity contribution in [3.8, 4) is 5.75 Å². The van der Waals surface area contributed by atoms with Crippen LogP contribution in [0.1, 0.15) is 30.6 Å². The quantitative estimate of drug-likeness (QED) is 0.306. The molecule has 200 valence electrons. The number of rotatable bonds is 8. The van der Waals surface area contributed by atoms with Crippen molar-refractivity contribution in [1.29, 1.82) is 0 Å². The number of amides is 3. The SMILES string of the molecule is CCC(C)NC(=O)c1cc(NC(=O)Nc2cccc(Br)c2)ccc1N1CCN(c2ccccc2OC)CC1. The van der Waals surface area contributed by atoms with E-state index in [0.717, 1.165) is 54.2 Å².